The molecule has 1 spiro atoms. The van der Waals surface area contributed by atoms with E-state index in [1.54, 1.807) is 36.4 Å². The lowest BCUT2D eigenvalue weighted by Gasteiger charge is -2.44. The summed E-state index contributed by atoms with van der Waals surface area (Å²) in [4.78, 5) is 26.2. The van der Waals surface area contributed by atoms with Crippen LogP contribution in [-0.4, -0.2) is 47.1 Å². The summed E-state index contributed by atoms with van der Waals surface area (Å²) in [6.07, 6.45) is 4.13. The summed E-state index contributed by atoms with van der Waals surface area (Å²) in [5.74, 6) is -0.324. The highest BCUT2D eigenvalue weighted by Gasteiger charge is 2.42. The summed E-state index contributed by atoms with van der Waals surface area (Å²) in [7, 11) is 0. The number of amides is 1. The highest BCUT2D eigenvalue weighted by molar-refractivity contribution is 5.99. The Kier molecular flexibility index (Phi) is 5.65. The van der Waals surface area contributed by atoms with Crippen LogP contribution in [0.3, 0.4) is 0 Å². The zero-order valence-corrected chi connectivity index (χ0v) is 16.4. The van der Waals surface area contributed by atoms with Gasteiger partial charge in [-0.1, -0.05) is 24.3 Å². The second kappa shape index (κ2) is 8.38. The minimum atomic E-state index is -0.729. The second-order valence-electron chi connectivity index (χ2n) is 7.67. The zero-order valence-electron chi connectivity index (χ0n) is 16.4. The molecule has 6 nitrogen and oxygen atoms in total. The van der Waals surface area contributed by atoms with Crippen LogP contribution in [0.25, 0.3) is 6.08 Å². The molecular formula is C23H23FN2O4. The van der Waals surface area contributed by atoms with Crippen molar-refractivity contribution < 1.29 is 23.8 Å². The van der Waals surface area contributed by atoms with Crippen LogP contribution in [0, 0.1) is 5.82 Å². The zero-order chi connectivity index (χ0) is 21.1. The first-order chi connectivity index (χ1) is 14.5. The van der Waals surface area contributed by atoms with Crippen LogP contribution in [-0.2, 0) is 11.3 Å². The van der Waals surface area contributed by atoms with Gasteiger partial charge >= 0.3 is 0 Å². The van der Waals surface area contributed by atoms with E-state index < -0.39 is 18.1 Å². The maximum atomic E-state index is 13.1. The topological polar surface area (TPSA) is 78.9 Å². The molecule has 0 aliphatic carbocycles. The van der Waals surface area contributed by atoms with E-state index >= 15 is 0 Å². The van der Waals surface area contributed by atoms with Gasteiger partial charge in [-0.05, 0) is 41.5 Å². The summed E-state index contributed by atoms with van der Waals surface area (Å²) in [5.41, 5.74) is 1.42. The third kappa shape index (κ3) is 4.42. The van der Waals surface area contributed by atoms with E-state index in [-0.39, 0.29) is 11.7 Å². The summed E-state index contributed by atoms with van der Waals surface area (Å²) in [6, 6.07) is 11.7. The number of aliphatic hydroxyl groups is 1. The summed E-state index contributed by atoms with van der Waals surface area (Å²) >= 11 is 0. The molecule has 4 rings (SSSR count). The predicted molar refractivity (Wildman–Crippen MR) is 109 cm³/mol. The number of piperidine rings is 1. The molecule has 156 valence electrons. The van der Waals surface area contributed by atoms with E-state index in [9.17, 15) is 14.0 Å². The molecular weight excluding hydrogens is 387 g/mol. The maximum absolute atomic E-state index is 13.1. The number of likely N-dealkylation sites (tertiary alicyclic amines) is 1. The SMILES string of the molecule is O=C(/C=C/c1ccc2c(c1)C(=O)NC1(CCN(Cc3ccc(F)cc3)CC1)O2)CO. The van der Waals surface area contributed by atoms with E-state index in [0.717, 1.165) is 25.2 Å². The first kappa shape index (κ1) is 20.3. The Morgan fingerprint density at radius 3 is 2.63 bits per heavy atom. The number of carbonyl (C=O) groups is 2. The van der Waals surface area contributed by atoms with Crippen molar-refractivity contribution in [1.82, 2.24) is 10.2 Å². The molecule has 2 heterocycles. The number of fused-ring (bicyclic) bond motifs is 1. The van der Waals surface area contributed by atoms with Gasteiger partial charge in [-0.2, -0.15) is 0 Å². The number of benzene rings is 2. The number of hydrogen-bond donors (Lipinski definition) is 2. The number of nitrogens with one attached hydrogen (secondary N) is 1. The van der Waals surface area contributed by atoms with Crippen molar-refractivity contribution in [3.63, 3.8) is 0 Å². The lowest BCUT2D eigenvalue weighted by Crippen LogP contribution is -2.60. The fourth-order valence-electron chi connectivity index (χ4n) is 3.82. The molecule has 0 unspecified atom stereocenters. The molecule has 1 saturated heterocycles. The van der Waals surface area contributed by atoms with Gasteiger partial charge in [0.2, 0.25) is 0 Å². The van der Waals surface area contributed by atoms with E-state index in [0.29, 0.717) is 29.7 Å². The molecule has 2 aromatic rings. The van der Waals surface area contributed by atoms with Crippen LogP contribution in [0.1, 0.15) is 34.3 Å². The Balaban J connectivity index is 1.42. The normalized spacial score (nSPS) is 18.1. The van der Waals surface area contributed by atoms with Crippen LogP contribution in [0.2, 0.25) is 0 Å². The van der Waals surface area contributed by atoms with Gasteiger partial charge in [0.15, 0.2) is 11.5 Å². The van der Waals surface area contributed by atoms with Gasteiger partial charge in [0.1, 0.15) is 18.2 Å². The van der Waals surface area contributed by atoms with Crippen LogP contribution in [0.15, 0.2) is 48.5 Å². The first-order valence-corrected chi connectivity index (χ1v) is 9.90. The van der Waals surface area contributed by atoms with Crippen molar-refractivity contribution in [2.75, 3.05) is 19.7 Å². The van der Waals surface area contributed by atoms with Gasteiger partial charge in [-0.15, -0.1) is 0 Å². The number of ketones is 1. The quantitative estimate of drug-likeness (QED) is 0.741. The number of hydrogen-bond acceptors (Lipinski definition) is 5. The summed E-state index contributed by atoms with van der Waals surface area (Å²) in [5, 5.41) is 11.8. The minimum absolute atomic E-state index is 0.202. The summed E-state index contributed by atoms with van der Waals surface area (Å²) in [6.45, 7) is 1.67. The van der Waals surface area contributed by atoms with Crippen LogP contribution >= 0.6 is 0 Å². The van der Waals surface area contributed by atoms with Gasteiger partial charge in [0.05, 0.1) is 5.56 Å². The highest BCUT2D eigenvalue weighted by atomic mass is 19.1. The number of nitrogens with zero attached hydrogens (tertiary/aromatic N) is 1. The monoisotopic (exact) mass is 410 g/mol. The fraction of sp³-hybridized carbons (Fsp3) is 0.304. The maximum Gasteiger partial charge on any atom is 0.258 e. The molecule has 0 atom stereocenters. The lowest BCUT2D eigenvalue weighted by atomic mass is 9.96. The smallest absolute Gasteiger partial charge is 0.258 e. The molecule has 0 radical (unpaired) electrons. The molecule has 0 saturated carbocycles. The molecule has 7 heteroatoms. The van der Waals surface area contributed by atoms with Gasteiger partial charge in [0.25, 0.3) is 5.91 Å². The van der Waals surface area contributed by atoms with Gasteiger partial charge in [-0.25, -0.2) is 4.39 Å². The molecule has 2 aromatic carbocycles. The van der Waals surface area contributed by atoms with Crippen molar-refractivity contribution in [3.05, 3.63) is 71.0 Å². The number of halogens is 1. The molecule has 30 heavy (non-hydrogen) atoms. The van der Waals surface area contributed by atoms with E-state index in [1.165, 1.54) is 18.2 Å². The Morgan fingerprint density at radius 1 is 1.20 bits per heavy atom. The predicted octanol–water partition coefficient (Wildman–Crippen LogP) is 2.51. The van der Waals surface area contributed by atoms with E-state index in [4.69, 9.17) is 9.84 Å². The molecule has 0 aromatic heterocycles. The average molecular weight is 410 g/mol. The van der Waals surface area contributed by atoms with Crippen molar-refractivity contribution in [2.45, 2.75) is 25.1 Å². The molecule has 1 amide bonds. The van der Waals surface area contributed by atoms with E-state index in [2.05, 4.69) is 10.2 Å². The number of ether oxygens (including phenoxy) is 1. The Bertz CT molecular complexity index is 979. The standard InChI is InChI=1S/C23H23FN2O4/c24-18-5-1-17(2-6-18)14-26-11-9-23(10-12-26)25-22(29)20-13-16(3-7-19(28)15-27)4-8-21(20)30-23/h1-8,13,27H,9-12,14-15H2,(H,25,29)/b7-3+. The second-order valence-corrected chi connectivity index (χ2v) is 7.67. The van der Waals surface area contributed by atoms with Crippen molar-refractivity contribution >= 4 is 17.8 Å². The Morgan fingerprint density at radius 2 is 1.93 bits per heavy atom. The van der Waals surface area contributed by atoms with Gasteiger partial charge < -0.3 is 15.2 Å². The van der Waals surface area contributed by atoms with Crippen LogP contribution in [0.5, 0.6) is 5.75 Å². The Hall–Kier alpha value is -3.03. The fourth-order valence-corrected chi connectivity index (χ4v) is 3.82. The minimum Gasteiger partial charge on any atom is -0.467 e. The molecule has 2 aliphatic rings. The summed E-state index contributed by atoms with van der Waals surface area (Å²) < 4.78 is 19.3. The highest BCUT2D eigenvalue weighted by Crippen LogP contribution is 2.34. The lowest BCUT2D eigenvalue weighted by molar-refractivity contribution is -0.117. The van der Waals surface area contributed by atoms with Gasteiger partial charge in [0, 0.05) is 32.5 Å². The molecule has 0 bridgehead atoms. The van der Waals surface area contributed by atoms with E-state index in [1.807, 2.05) is 0 Å². The number of rotatable bonds is 5. The van der Waals surface area contributed by atoms with Crippen LogP contribution < -0.4 is 10.1 Å². The number of carbonyl (C=O) groups excluding carboxylic acids is 2. The number of aliphatic hydroxyl groups excluding tert-OH is 1. The molecule has 2 aliphatic heterocycles. The molecule has 2 N–H and O–H groups in total. The molecule has 1 fully saturated rings. The van der Waals surface area contributed by atoms with Crippen molar-refractivity contribution in [1.29, 1.82) is 0 Å². The van der Waals surface area contributed by atoms with Crippen molar-refractivity contribution in [2.24, 2.45) is 0 Å². The van der Waals surface area contributed by atoms with Crippen LogP contribution in [0.4, 0.5) is 4.39 Å². The largest absolute Gasteiger partial charge is 0.467 e. The third-order valence-corrected chi connectivity index (χ3v) is 5.50. The average Bonchev–Trinajstić information content (AvgIpc) is 2.75. The van der Waals surface area contributed by atoms with Crippen molar-refractivity contribution in [3.8, 4) is 5.75 Å². The third-order valence-electron chi connectivity index (χ3n) is 5.50. The first-order valence-electron chi connectivity index (χ1n) is 9.90. The van der Waals surface area contributed by atoms with Gasteiger partial charge in [-0.3, -0.25) is 14.5 Å². The Labute approximate surface area is 174 Å².